The maximum atomic E-state index is 13.1. The Bertz CT molecular complexity index is 894. The van der Waals surface area contributed by atoms with Crippen molar-refractivity contribution in [1.82, 2.24) is 15.1 Å². The molecule has 2 atom stereocenters. The maximum Gasteiger partial charge on any atom is 0.310 e. The highest BCUT2D eigenvalue weighted by Crippen LogP contribution is 2.31. The largest absolute Gasteiger partial charge is 0.466 e. The predicted molar refractivity (Wildman–Crippen MR) is 135 cm³/mol. The third kappa shape index (κ3) is 6.63. The average Bonchev–Trinajstić information content (AvgIpc) is 3.24. The molecule has 3 aliphatic rings. The summed E-state index contributed by atoms with van der Waals surface area (Å²) in [6, 6.07) is 8.89. The first-order chi connectivity index (χ1) is 16.9. The Labute approximate surface area is 209 Å². The summed E-state index contributed by atoms with van der Waals surface area (Å²) in [4.78, 5) is 41.8. The molecule has 3 heterocycles. The molecule has 0 aliphatic carbocycles. The molecule has 7 heteroatoms. The van der Waals surface area contributed by atoms with Crippen molar-refractivity contribution in [3.63, 3.8) is 0 Å². The van der Waals surface area contributed by atoms with Crippen LogP contribution in [0, 0.1) is 12.8 Å². The third-order valence-corrected chi connectivity index (χ3v) is 8.12. The maximum absolute atomic E-state index is 13.1. The van der Waals surface area contributed by atoms with Gasteiger partial charge in [-0.25, -0.2) is 0 Å². The normalized spacial score (nSPS) is 25.9. The SMILES string of the molecule is CCOC(=O)[C@@H]1CCCN(C2CCN(C(=O)CC[C@]3(Cc4ccc(C)cc4)CCC(=O)N3)CC2)C1. The lowest BCUT2D eigenvalue weighted by molar-refractivity contribution is -0.150. The zero-order valence-electron chi connectivity index (χ0n) is 21.4. The fourth-order valence-corrected chi connectivity index (χ4v) is 6.05. The fraction of sp³-hybridized carbons (Fsp3) is 0.679. The molecule has 1 aromatic carbocycles. The van der Waals surface area contributed by atoms with E-state index in [1.807, 2.05) is 11.8 Å². The monoisotopic (exact) mass is 483 g/mol. The Morgan fingerprint density at radius 1 is 1.11 bits per heavy atom. The Hall–Kier alpha value is -2.41. The molecule has 35 heavy (non-hydrogen) atoms. The summed E-state index contributed by atoms with van der Waals surface area (Å²) in [5.74, 6) is 0.196. The number of ether oxygens (including phenoxy) is 1. The molecule has 3 aliphatic heterocycles. The van der Waals surface area contributed by atoms with E-state index in [1.165, 1.54) is 11.1 Å². The van der Waals surface area contributed by atoms with E-state index in [2.05, 4.69) is 41.4 Å². The van der Waals surface area contributed by atoms with E-state index in [4.69, 9.17) is 4.74 Å². The molecule has 1 aromatic rings. The lowest BCUT2D eigenvalue weighted by Crippen LogP contribution is -2.51. The smallest absolute Gasteiger partial charge is 0.310 e. The van der Waals surface area contributed by atoms with Crippen molar-refractivity contribution in [2.75, 3.05) is 32.8 Å². The fourth-order valence-electron chi connectivity index (χ4n) is 6.05. The summed E-state index contributed by atoms with van der Waals surface area (Å²) in [7, 11) is 0. The molecule has 7 nitrogen and oxygen atoms in total. The third-order valence-electron chi connectivity index (χ3n) is 8.12. The highest BCUT2D eigenvalue weighted by atomic mass is 16.5. The van der Waals surface area contributed by atoms with Crippen molar-refractivity contribution in [3.8, 4) is 0 Å². The summed E-state index contributed by atoms with van der Waals surface area (Å²) < 4.78 is 5.25. The Morgan fingerprint density at radius 3 is 2.51 bits per heavy atom. The number of amides is 2. The minimum absolute atomic E-state index is 0.0188. The number of benzene rings is 1. The van der Waals surface area contributed by atoms with Crippen LogP contribution in [0.2, 0.25) is 0 Å². The molecule has 2 amide bonds. The van der Waals surface area contributed by atoms with Gasteiger partial charge < -0.3 is 15.0 Å². The second-order valence-corrected chi connectivity index (χ2v) is 10.7. The van der Waals surface area contributed by atoms with E-state index in [9.17, 15) is 14.4 Å². The number of carbonyl (C=O) groups is 3. The molecular weight excluding hydrogens is 442 g/mol. The van der Waals surface area contributed by atoms with E-state index in [1.54, 1.807) is 0 Å². The molecule has 0 radical (unpaired) electrons. The van der Waals surface area contributed by atoms with Crippen molar-refractivity contribution >= 4 is 17.8 Å². The lowest BCUT2D eigenvalue weighted by Gasteiger charge is -2.42. The molecule has 4 rings (SSSR count). The summed E-state index contributed by atoms with van der Waals surface area (Å²) in [6.45, 7) is 7.70. The van der Waals surface area contributed by atoms with Crippen LogP contribution in [0.15, 0.2) is 24.3 Å². The molecule has 3 fully saturated rings. The van der Waals surface area contributed by atoms with Crippen LogP contribution in [0.3, 0.4) is 0 Å². The average molecular weight is 484 g/mol. The number of esters is 1. The predicted octanol–water partition coefficient (Wildman–Crippen LogP) is 3.23. The number of rotatable bonds is 8. The number of nitrogens with zero attached hydrogens (tertiary/aromatic N) is 2. The van der Waals surface area contributed by atoms with Crippen molar-refractivity contribution < 1.29 is 19.1 Å². The molecule has 0 saturated carbocycles. The van der Waals surface area contributed by atoms with Crippen molar-refractivity contribution in [2.24, 2.45) is 5.92 Å². The number of piperidine rings is 2. The minimum Gasteiger partial charge on any atom is -0.466 e. The van der Waals surface area contributed by atoms with Gasteiger partial charge in [0.1, 0.15) is 0 Å². The van der Waals surface area contributed by atoms with Crippen molar-refractivity contribution in [1.29, 1.82) is 0 Å². The second-order valence-electron chi connectivity index (χ2n) is 10.7. The van der Waals surface area contributed by atoms with Crippen molar-refractivity contribution in [3.05, 3.63) is 35.4 Å². The molecular formula is C28H41N3O4. The Morgan fingerprint density at radius 2 is 1.86 bits per heavy atom. The zero-order valence-corrected chi connectivity index (χ0v) is 21.4. The highest BCUT2D eigenvalue weighted by Gasteiger charge is 2.39. The molecule has 0 aromatic heterocycles. The van der Waals surface area contributed by atoms with Gasteiger partial charge in [0.25, 0.3) is 0 Å². The van der Waals surface area contributed by atoms with Gasteiger partial charge in [0.15, 0.2) is 0 Å². The number of nitrogens with one attached hydrogen (secondary N) is 1. The van der Waals surface area contributed by atoms with Crippen LogP contribution in [0.5, 0.6) is 0 Å². The number of likely N-dealkylation sites (tertiary alicyclic amines) is 2. The van der Waals surface area contributed by atoms with Crippen LogP contribution in [-0.2, 0) is 25.5 Å². The highest BCUT2D eigenvalue weighted by molar-refractivity contribution is 5.80. The van der Waals surface area contributed by atoms with Gasteiger partial charge >= 0.3 is 5.97 Å². The Kier molecular flexibility index (Phi) is 8.47. The molecule has 0 spiro atoms. The molecule has 192 valence electrons. The topological polar surface area (TPSA) is 79.0 Å². The van der Waals surface area contributed by atoms with Gasteiger partial charge in [-0.05, 0) is 70.9 Å². The van der Waals surface area contributed by atoms with Crippen LogP contribution in [0.4, 0.5) is 0 Å². The molecule has 1 N–H and O–H groups in total. The number of hydrogen-bond acceptors (Lipinski definition) is 5. The van der Waals surface area contributed by atoms with Gasteiger partial charge in [0.05, 0.1) is 12.5 Å². The van der Waals surface area contributed by atoms with Crippen LogP contribution in [-0.4, -0.2) is 72.0 Å². The van der Waals surface area contributed by atoms with Gasteiger partial charge in [0, 0.05) is 44.1 Å². The number of aryl methyl sites for hydroxylation is 1. The summed E-state index contributed by atoms with van der Waals surface area (Å²) in [5, 5.41) is 3.21. The Balaban J connectivity index is 1.27. The summed E-state index contributed by atoms with van der Waals surface area (Å²) in [6.07, 6.45) is 7.07. The quantitative estimate of drug-likeness (QED) is 0.575. The van der Waals surface area contributed by atoms with Crippen LogP contribution in [0.25, 0.3) is 0 Å². The standard InChI is InChI=1S/C28H41N3O4/c1-3-35-27(34)23-5-4-16-31(20-23)24-12-17-30(18-13-24)26(33)11-15-28(14-10-25(32)29-28)19-22-8-6-21(2)7-9-22/h6-9,23-24H,3-5,10-20H2,1-2H3,(H,29,32)/t23-,28+/m1/s1. The van der Waals surface area contributed by atoms with Crippen LogP contribution in [0.1, 0.15) is 69.4 Å². The van der Waals surface area contributed by atoms with E-state index >= 15 is 0 Å². The van der Waals surface area contributed by atoms with Gasteiger partial charge in [0.2, 0.25) is 11.8 Å². The summed E-state index contributed by atoms with van der Waals surface area (Å²) >= 11 is 0. The first-order valence-electron chi connectivity index (χ1n) is 13.4. The van der Waals surface area contributed by atoms with Gasteiger partial charge in [-0.3, -0.25) is 19.3 Å². The molecule has 0 bridgehead atoms. The number of carbonyl (C=O) groups excluding carboxylic acids is 3. The van der Waals surface area contributed by atoms with Crippen LogP contribution >= 0.6 is 0 Å². The zero-order chi connectivity index (χ0) is 24.8. The van der Waals surface area contributed by atoms with E-state index in [0.29, 0.717) is 31.9 Å². The summed E-state index contributed by atoms with van der Waals surface area (Å²) in [5.41, 5.74) is 2.10. The lowest BCUT2D eigenvalue weighted by atomic mass is 9.84. The van der Waals surface area contributed by atoms with E-state index in [-0.39, 0.29) is 29.2 Å². The minimum atomic E-state index is -0.323. The van der Waals surface area contributed by atoms with Gasteiger partial charge in [-0.15, -0.1) is 0 Å². The van der Waals surface area contributed by atoms with Crippen LogP contribution < -0.4 is 5.32 Å². The first-order valence-corrected chi connectivity index (χ1v) is 13.4. The van der Waals surface area contributed by atoms with E-state index in [0.717, 1.165) is 64.7 Å². The molecule has 0 unspecified atom stereocenters. The van der Waals surface area contributed by atoms with Crippen molar-refractivity contribution in [2.45, 2.75) is 83.2 Å². The molecule has 3 saturated heterocycles. The van der Waals surface area contributed by atoms with Gasteiger partial charge in [-0.1, -0.05) is 29.8 Å². The van der Waals surface area contributed by atoms with E-state index < -0.39 is 0 Å². The second kappa shape index (κ2) is 11.5. The van der Waals surface area contributed by atoms with Gasteiger partial charge in [-0.2, -0.15) is 0 Å². The number of hydrogen-bond donors (Lipinski definition) is 1. The first kappa shape index (κ1) is 25.7.